The first-order valence-corrected chi connectivity index (χ1v) is 15.4. The smallest absolute Gasteiger partial charge is 0.251 e. The van der Waals surface area contributed by atoms with Crippen molar-refractivity contribution in [2.45, 2.75) is 70.2 Å². The summed E-state index contributed by atoms with van der Waals surface area (Å²) < 4.78 is 30.9. The Morgan fingerprint density at radius 1 is 1.18 bits per heavy atom. The van der Waals surface area contributed by atoms with E-state index in [1.807, 2.05) is 32.0 Å². The molecule has 0 spiro atoms. The van der Waals surface area contributed by atoms with E-state index in [2.05, 4.69) is 30.4 Å². The molecule has 1 aliphatic carbocycles. The molecule has 0 bridgehead atoms. The molecule has 1 saturated heterocycles. The lowest BCUT2D eigenvalue weighted by atomic mass is 9.77. The Kier molecular flexibility index (Phi) is 8.64. The Balaban J connectivity index is 1.26. The molecular weight excluding hydrogens is 562 g/mol. The van der Waals surface area contributed by atoms with Crippen LogP contribution in [0.15, 0.2) is 55.0 Å². The van der Waals surface area contributed by atoms with Crippen molar-refractivity contribution in [1.82, 2.24) is 30.4 Å². The summed E-state index contributed by atoms with van der Waals surface area (Å²) in [6.07, 6.45) is 7.97. The minimum atomic E-state index is -1.33. The van der Waals surface area contributed by atoms with Crippen molar-refractivity contribution < 1.29 is 18.7 Å². The molecule has 0 radical (unpaired) electrons. The molecule has 4 heterocycles. The number of β-amino-alcohol motifs (C(OH)–C–C–N with tert-alkyl or cyclic N) is 1. The average molecular weight is 601 g/mol. The quantitative estimate of drug-likeness (QED) is 0.279. The van der Waals surface area contributed by atoms with E-state index < -0.39 is 23.4 Å². The molecule has 4 aromatic rings. The molecule has 3 aromatic heterocycles. The predicted molar refractivity (Wildman–Crippen MR) is 164 cm³/mol. The fourth-order valence-corrected chi connectivity index (χ4v) is 6.38. The molecule has 1 fully saturated rings. The standard InChI is InChI=1S/C34H38F2N6O2/c1-21(2)34(36)10-7-30-26(17-34)15-24-14-25(16-28(35)32(24)40-30)33(44)41-31(9-13-42-12-3-4-27(43)20-42)22-5-6-29(37-18-22)23-8-11-38-39-19-23/h5-6,8,11,14-16,18-19,21,27,31,43H,3-4,7,9-10,12-13,17,20H2,1-2H3,(H,41,44)/t27-,31+,34-/m0/s1. The summed E-state index contributed by atoms with van der Waals surface area (Å²) in [5, 5.41) is 21.5. The van der Waals surface area contributed by atoms with Crippen molar-refractivity contribution in [1.29, 1.82) is 0 Å². The normalized spacial score (nSPS) is 21.3. The molecule has 10 heteroatoms. The van der Waals surface area contributed by atoms with Crippen LogP contribution in [0.2, 0.25) is 0 Å². The summed E-state index contributed by atoms with van der Waals surface area (Å²) in [6.45, 7) is 5.90. The van der Waals surface area contributed by atoms with Gasteiger partial charge in [0.15, 0.2) is 0 Å². The molecule has 3 atom stereocenters. The number of amides is 1. The largest absolute Gasteiger partial charge is 0.392 e. The van der Waals surface area contributed by atoms with E-state index in [0.717, 1.165) is 47.5 Å². The number of piperidine rings is 1. The number of nitrogens with one attached hydrogen (secondary N) is 1. The van der Waals surface area contributed by atoms with Crippen molar-refractivity contribution in [3.63, 3.8) is 0 Å². The zero-order valence-corrected chi connectivity index (χ0v) is 25.1. The third-order valence-electron chi connectivity index (χ3n) is 9.19. The Bertz CT molecular complexity index is 1630. The molecule has 1 aliphatic heterocycles. The second-order valence-corrected chi connectivity index (χ2v) is 12.5. The van der Waals surface area contributed by atoms with Crippen molar-refractivity contribution in [2.24, 2.45) is 5.92 Å². The van der Waals surface area contributed by atoms with Crippen LogP contribution in [-0.4, -0.2) is 67.5 Å². The van der Waals surface area contributed by atoms with Gasteiger partial charge in [-0.2, -0.15) is 10.2 Å². The summed E-state index contributed by atoms with van der Waals surface area (Å²) in [5.41, 5.74) is 2.91. The second-order valence-electron chi connectivity index (χ2n) is 12.5. The first-order chi connectivity index (χ1) is 21.2. The Morgan fingerprint density at radius 3 is 2.77 bits per heavy atom. The van der Waals surface area contributed by atoms with Gasteiger partial charge in [0, 0.05) is 47.9 Å². The number of aryl methyl sites for hydroxylation is 1. The highest BCUT2D eigenvalue weighted by Crippen LogP contribution is 2.38. The van der Waals surface area contributed by atoms with Gasteiger partial charge in [-0.15, -0.1) is 0 Å². The minimum absolute atomic E-state index is 0.143. The number of alkyl halides is 1. The van der Waals surface area contributed by atoms with Gasteiger partial charge in [0.05, 0.1) is 30.2 Å². The van der Waals surface area contributed by atoms with Crippen molar-refractivity contribution in [3.05, 3.63) is 83.2 Å². The SMILES string of the molecule is CC(C)[C@]1(F)CCc2nc3c(F)cc(C(=O)N[C@H](CCN4CCC[C@H](O)C4)c4ccc(-c5ccnnc5)nc4)cc3cc2C1. The molecule has 2 aliphatic rings. The number of carbonyl (C=O) groups is 1. The van der Waals surface area contributed by atoms with Crippen LogP contribution >= 0.6 is 0 Å². The van der Waals surface area contributed by atoms with E-state index >= 15 is 8.78 Å². The third kappa shape index (κ3) is 6.46. The van der Waals surface area contributed by atoms with Crippen LogP contribution < -0.4 is 5.32 Å². The molecule has 0 unspecified atom stereocenters. The van der Waals surface area contributed by atoms with Gasteiger partial charge >= 0.3 is 0 Å². The number of rotatable bonds is 8. The van der Waals surface area contributed by atoms with Crippen LogP contribution in [0.3, 0.4) is 0 Å². The molecule has 44 heavy (non-hydrogen) atoms. The number of pyridine rings is 2. The van der Waals surface area contributed by atoms with Gasteiger partial charge < -0.3 is 15.3 Å². The van der Waals surface area contributed by atoms with Gasteiger partial charge in [0.1, 0.15) is 17.0 Å². The van der Waals surface area contributed by atoms with Gasteiger partial charge in [0.2, 0.25) is 0 Å². The first-order valence-electron chi connectivity index (χ1n) is 15.4. The van der Waals surface area contributed by atoms with Crippen LogP contribution in [0.5, 0.6) is 0 Å². The third-order valence-corrected chi connectivity index (χ3v) is 9.19. The predicted octanol–water partition coefficient (Wildman–Crippen LogP) is 5.40. The van der Waals surface area contributed by atoms with E-state index in [1.165, 1.54) is 6.07 Å². The van der Waals surface area contributed by atoms with Crippen LogP contribution in [0.25, 0.3) is 22.2 Å². The number of likely N-dealkylation sites (tertiary alicyclic amines) is 1. The summed E-state index contributed by atoms with van der Waals surface area (Å²) in [4.78, 5) is 25.0. The van der Waals surface area contributed by atoms with E-state index in [-0.39, 0.29) is 29.5 Å². The summed E-state index contributed by atoms with van der Waals surface area (Å²) in [5.74, 6) is -1.14. The molecular formula is C34H38F2N6O2. The number of nitrogens with zero attached hydrogens (tertiary/aromatic N) is 5. The zero-order valence-electron chi connectivity index (χ0n) is 25.1. The number of hydrogen-bond acceptors (Lipinski definition) is 7. The number of fused-ring (bicyclic) bond motifs is 2. The van der Waals surface area contributed by atoms with Crippen LogP contribution in [0, 0.1) is 11.7 Å². The molecule has 1 amide bonds. The highest BCUT2D eigenvalue weighted by molar-refractivity contribution is 5.98. The van der Waals surface area contributed by atoms with Crippen molar-refractivity contribution in [2.75, 3.05) is 19.6 Å². The maximum atomic E-state index is 15.5. The maximum Gasteiger partial charge on any atom is 0.251 e. The van der Waals surface area contributed by atoms with Gasteiger partial charge in [-0.1, -0.05) is 19.9 Å². The van der Waals surface area contributed by atoms with E-state index in [4.69, 9.17) is 0 Å². The number of aliphatic hydroxyl groups is 1. The van der Waals surface area contributed by atoms with Crippen molar-refractivity contribution >= 4 is 16.8 Å². The number of benzene rings is 1. The summed E-state index contributed by atoms with van der Waals surface area (Å²) in [7, 11) is 0. The number of aliphatic hydroxyl groups excluding tert-OH is 1. The number of aromatic nitrogens is 4. The van der Waals surface area contributed by atoms with Gasteiger partial charge in [-0.05, 0) is 86.0 Å². The monoisotopic (exact) mass is 600 g/mol. The summed E-state index contributed by atoms with van der Waals surface area (Å²) in [6, 6.07) is 9.88. The van der Waals surface area contributed by atoms with Crippen LogP contribution in [-0.2, 0) is 12.8 Å². The first kappa shape index (κ1) is 30.1. The minimum Gasteiger partial charge on any atom is -0.392 e. The highest BCUT2D eigenvalue weighted by Gasteiger charge is 2.38. The Morgan fingerprint density at radius 2 is 2.05 bits per heavy atom. The Hall–Kier alpha value is -3.89. The molecule has 0 saturated carbocycles. The molecule has 230 valence electrons. The topological polar surface area (TPSA) is 104 Å². The lowest BCUT2D eigenvalue weighted by molar-refractivity contribution is 0.0677. The molecule has 6 rings (SSSR count). The fraction of sp³-hybridized carbons (Fsp3) is 0.441. The average Bonchev–Trinajstić information content (AvgIpc) is 3.02. The fourth-order valence-electron chi connectivity index (χ4n) is 6.38. The number of hydrogen-bond donors (Lipinski definition) is 2. The molecule has 8 nitrogen and oxygen atoms in total. The zero-order chi connectivity index (χ0) is 30.8. The van der Waals surface area contributed by atoms with E-state index in [1.54, 1.807) is 30.7 Å². The van der Waals surface area contributed by atoms with Gasteiger partial charge in [0.25, 0.3) is 5.91 Å². The summed E-state index contributed by atoms with van der Waals surface area (Å²) >= 11 is 0. The molecule has 2 N–H and O–H groups in total. The highest BCUT2D eigenvalue weighted by atomic mass is 19.1. The number of halogens is 2. The molecule has 1 aromatic carbocycles. The lowest BCUT2D eigenvalue weighted by Crippen LogP contribution is -2.40. The van der Waals surface area contributed by atoms with Gasteiger partial charge in [-0.3, -0.25) is 9.78 Å². The number of carbonyl (C=O) groups excluding carboxylic acids is 1. The Labute approximate surface area is 255 Å². The maximum absolute atomic E-state index is 15.5. The van der Waals surface area contributed by atoms with Crippen LogP contribution in [0.1, 0.15) is 72.8 Å². The van der Waals surface area contributed by atoms with Crippen molar-refractivity contribution in [3.8, 4) is 11.3 Å². The van der Waals surface area contributed by atoms with Crippen LogP contribution in [0.4, 0.5) is 8.78 Å². The second kappa shape index (κ2) is 12.6. The van der Waals surface area contributed by atoms with Gasteiger partial charge in [-0.25, -0.2) is 13.8 Å². The van der Waals surface area contributed by atoms with E-state index in [9.17, 15) is 9.90 Å². The van der Waals surface area contributed by atoms with E-state index in [0.29, 0.717) is 37.7 Å². The lowest BCUT2D eigenvalue weighted by Gasteiger charge is -2.34.